The highest BCUT2D eigenvalue weighted by Gasteiger charge is 2.14. The standard InChI is InChI=1S/C18H13N5O/c24-18(21-17-11-19-23-22-17)14-10-16(12-6-2-1-3-7-12)20-15-9-5-4-8-13(14)15/h1-11H,(H2,19,21,22,23,24). The van der Waals surface area contributed by atoms with Crippen molar-refractivity contribution in [2.75, 3.05) is 5.32 Å². The van der Waals surface area contributed by atoms with Crippen molar-refractivity contribution in [2.45, 2.75) is 0 Å². The van der Waals surface area contributed by atoms with Crippen LogP contribution < -0.4 is 5.32 Å². The molecular weight excluding hydrogens is 302 g/mol. The molecule has 0 radical (unpaired) electrons. The maximum atomic E-state index is 12.7. The molecule has 2 aromatic carbocycles. The van der Waals surface area contributed by atoms with Gasteiger partial charge in [0.1, 0.15) is 0 Å². The van der Waals surface area contributed by atoms with E-state index in [4.69, 9.17) is 0 Å². The van der Waals surface area contributed by atoms with E-state index in [-0.39, 0.29) is 5.91 Å². The van der Waals surface area contributed by atoms with Gasteiger partial charge in [-0.25, -0.2) is 4.98 Å². The number of carbonyl (C=O) groups excluding carboxylic acids is 1. The van der Waals surface area contributed by atoms with Crippen LogP contribution in [-0.4, -0.2) is 26.3 Å². The lowest BCUT2D eigenvalue weighted by Crippen LogP contribution is -2.13. The zero-order chi connectivity index (χ0) is 16.4. The minimum absolute atomic E-state index is 0.250. The maximum Gasteiger partial charge on any atom is 0.257 e. The Morgan fingerprint density at radius 3 is 2.58 bits per heavy atom. The Hall–Kier alpha value is -3.54. The summed E-state index contributed by atoms with van der Waals surface area (Å²) in [5, 5.41) is 13.6. The van der Waals surface area contributed by atoms with Crippen LogP contribution in [0.1, 0.15) is 10.4 Å². The highest BCUT2D eigenvalue weighted by Crippen LogP contribution is 2.25. The molecule has 24 heavy (non-hydrogen) atoms. The summed E-state index contributed by atoms with van der Waals surface area (Å²) in [5.74, 6) is 0.127. The molecular formula is C18H13N5O. The van der Waals surface area contributed by atoms with Crippen molar-refractivity contribution in [3.8, 4) is 11.3 Å². The Morgan fingerprint density at radius 2 is 1.79 bits per heavy atom. The van der Waals surface area contributed by atoms with E-state index in [1.807, 2.05) is 54.6 Å². The lowest BCUT2D eigenvalue weighted by atomic mass is 10.0. The first-order valence-electron chi connectivity index (χ1n) is 7.43. The number of nitrogens with one attached hydrogen (secondary N) is 2. The van der Waals surface area contributed by atoms with Gasteiger partial charge in [-0.2, -0.15) is 10.3 Å². The Bertz CT molecular complexity index is 997. The van der Waals surface area contributed by atoms with Crippen molar-refractivity contribution in [2.24, 2.45) is 0 Å². The molecule has 6 heteroatoms. The summed E-state index contributed by atoms with van der Waals surface area (Å²) in [6, 6.07) is 19.2. The lowest BCUT2D eigenvalue weighted by molar-refractivity contribution is 0.102. The largest absolute Gasteiger partial charge is 0.304 e. The average Bonchev–Trinajstić information content (AvgIpc) is 3.14. The molecule has 6 nitrogen and oxygen atoms in total. The minimum atomic E-state index is -0.250. The molecule has 0 aliphatic carbocycles. The fourth-order valence-electron chi connectivity index (χ4n) is 2.57. The lowest BCUT2D eigenvalue weighted by Gasteiger charge is -2.09. The second kappa shape index (κ2) is 5.92. The predicted molar refractivity (Wildman–Crippen MR) is 91.5 cm³/mol. The van der Waals surface area contributed by atoms with Crippen molar-refractivity contribution in [1.29, 1.82) is 0 Å². The van der Waals surface area contributed by atoms with Crippen LogP contribution in [0.2, 0.25) is 0 Å². The number of amides is 1. The second-order valence-corrected chi connectivity index (χ2v) is 5.25. The van der Waals surface area contributed by atoms with Gasteiger partial charge in [-0.3, -0.25) is 4.79 Å². The average molecular weight is 315 g/mol. The number of aromatic nitrogens is 4. The van der Waals surface area contributed by atoms with Crippen molar-refractivity contribution in [3.05, 3.63) is 72.4 Å². The molecule has 0 saturated heterocycles. The first-order valence-corrected chi connectivity index (χ1v) is 7.43. The monoisotopic (exact) mass is 315 g/mol. The van der Waals surface area contributed by atoms with Gasteiger partial charge in [-0.05, 0) is 12.1 Å². The third-order valence-corrected chi connectivity index (χ3v) is 3.69. The molecule has 0 bridgehead atoms. The normalized spacial score (nSPS) is 10.7. The smallest absolute Gasteiger partial charge is 0.257 e. The molecule has 0 unspecified atom stereocenters. The van der Waals surface area contributed by atoms with Crippen LogP contribution in [0.5, 0.6) is 0 Å². The molecule has 0 spiro atoms. The number of para-hydroxylation sites is 1. The summed E-state index contributed by atoms with van der Waals surface area (Å²) < 4.78 is 0. The van der Waals surface area contributed by atoms with Gasteiger partial charge in [0.25, 0.3) is 5.91 Å². The zero-order valence-electron chi connectivity index (χ0n) is 12.6. The summed E-state index contributed by atoms with van der Waals surface area (Å²) in [4.78, 5) is 17.4. The van der Waals surface area contributed by atoms with Gasteiger partial charge in [-0.15, -0.1) is 5.10 Å². The maximum absolute atomic E-state index is 12.7. The van der Waals surface area contributed by atoms with Crippen LogP contribution in [0.4, 0.5) is 5.82 Å². The highest BCUT2D eigenvalue weighted by molar-refractivity contribution is 6.12. The SMILES string of the molecule is O=C(Nc1cn[nH]n1)c1cc(-c2ccccc2)nc2ccccc12. The summed E-state index contributed by atoms with van der Waals surface area (Å²) in [6.07, 6.45) is 1.46. The third kappa shape index (κ3) is 2.61. The summed E-state index contributed by atoms with van der Waals surface area (Å²) in [7, 11) is 0. The van der Waals surface area contributed by atoms with Gasteiger partial charge >= 0.3 is 0 Å². The van der Waals surface area contributed by atoms with E-state index in [1.54, 1.807) is 6.07 Å². The molecule has 2 N–H and O–H groups in total. The van der Waals surface area contributed by atoms with E-state index in [1.165, 1.54) is 6.20 Å². The molecule has 116 valence electrons. The van der Waals surface area contributed by atoms with Crippen LogP contribution in [0.15, 0.2) is 66.9 Å². The van der Waals surface area contributed by atoms with Crippen LogP contribution >= 0.6 is 0 Å². The molecule has 0 fully saturated rings. The molecule has 0 saturated carbocycles. The van der Waals surface area contributed by atoms with Crippen LogP contribution in [-0.2, 0) is 0 Å². The molecule has 0 aliphatic heterocycles. The van der Waals surface area contributed by atoms with E-state index in [2.05, 4.69) is 25.7 Å². The predicted octanol–water partition coefficient (Wildman–Crippen LogP) is 3.27. The Kier molecular flexibility index (Phi) is 3.47. The number of hydrogen-bond acceptors (Lipinski definition) is 4. The topological polar surface area (TPSA) is 83.6 Å². The number of pyridine rings is 1. The van der Waals surface area contributed by atoms with Gasteiger partial charge in [0.2, 0.25) is 0 Å². The number of aromatic amines is 1. The molecule has 4 aromatic rings. The number of hydrogen-bond donors (Lipinski definition) is 2. The van der Waals surface area contributed by atoms with Gasteiger partial charge in [-0.1, -0.05) is 48.5 Å². The van der Waals surface area contributed by atoms with Crippen molar-refractivity contribution >= 4 is 22.6 Å². The highest BCUT2D eigenvalue weighted by atomic mass is 16.1. The summed E-state index contributed by atoms with van der Waals surface area (Å²) in [6.45, 7) is 0. The Morgan fingerprint density at radius 1 is 1.00 bits per heavy atom. The fraction of sp³-hybridized carbons (Fsp3) is 0. The van der Waals surface area contributed by atoms with Crippen LogP contribution in [0.3, 0.4) is 0 Å². The first kappa shape index (κ1) is 14.1. The molecule has 1 amide bonds. The van der Waals surface area contributed by atoms with Crippen LogP contribution in [0, 0.1) is 0 Å². The summed E-state index contributed by atoms with van der Waals surface area (Å²) >= 11 is 0. The number of nitrogens with zero attached hydrogens (tertiary/aromatic N) is 3. The van der Waals surface area contributed by atoms with Gasteiger partial charge in [0.05, 0.1) is 23.0 Å². The van der Waals surface area contributed by atoms with E-state index in [0.29, 0.717) is 11.4 Å². The number of fused-ring (bicyclic) bond motifs is 1. The third-order valence-electron chi connectivity index (χ3n) is 3.69. The number of H-pyrrole nitrogens is 1. The number of benzene rings is 2. The first-order chi connectivity index (χ1) is 11.8. The molecule has 4 rings (SSSR count). The fourth-order valence-corrected chi connectivity index (χ4v) is 2.57. The van der Waals surface area contributed by atoms with Gasteiger partial charge in [0, 0.05) is 10.9 Å². The minimum Gasteiger partial charge on any atom is -0.304 e. The molecule has 0 atom stereocenters. The summed E-state index contributed by atoms with van der Waals surface area (Å²) in [5.41, 5.74) is 3.02. The Balaban J connectivity index is 1.85. The van der Waals surface area contributed by atoms with E-state index < -0.39 is 0 Å². The van der Waals surface area contributed by atoms with Gasteiger partial charge < -0.3 is 5.32 Å². The second-order valence-electron chi connectivity index (χ2n) is 5.25. The molecule has 0 aliphatic rings. The van der Waals surface area contributed by atoms with E-state index in [9.17, 15) is 4.79 Å². The number of rotatable bonds is 3. The molecule has 2 aromatic heterocycles. The Labute approximate surface area is 137 Å². The van der Waals surface area contributed by atoms with E-state index in [0.717, 1.165) is 22.2 Å². The van der Waals surface area contributed by atoms with Crippen molar-refractivity contribution in [3.63, 3.8) is 0 Å². The number of carbonyl (C=O) groups is 1. The van der Waals surface area contributed by atoms with Crippen molar-refractivity contribution < 1.29 is 4.79 Å². The quantitative estimate of drug-likeness (QED) is 0.608. The van der Waals surface area contributed by atoms with E-state index >= 15 is 0 Å². The van der Waals surface area contributed by atoms with Gasteiger partial charge in [0.15, 0.2) is 5.82 Å². The molecule has 2 heterocycles. The van der Waals surface area contributed by atoms with Crippen molar-refractivity contribution in [1.82, 2.24) is 20.4 Å². The number of anilines is 1. The van der Waals surface area contributed by atoms with Crippen LogP contribution in [0.25, 0.3) is 22.2 Å². The zero-order valence-corrected chi connectivity index (χ0v) is 12.6.